The van der Waals surface area contributed by atoms with Crippen molar-refractivity contribution in [3.63, 3.8) is 0 Å². The highest BCUT2D eigenvalue weighted by Crippen LogP contribution is 2.08. The van der Waals surface area contributed by atoms with Crippen molar-refractivity contribution in [3.05, 3.63) is 29.8 Å². The SMILES string of the molecule is CCOC(=O)C(NC(=O)CCc1ccc(N)cc1)C(=O)OCC. The van der Waals surface area contributed by atoms with Gasteiger partial charge in [0.2, 0.25) is 11.9 Å². The number of carbonyl (C=O) groups excluding carboxylic acids is 3. The minimum absolute atomic E-state index is 0.107. The molecule has 0 unspecified atom stereocenters. The van der Waals surface area contributed by atoms with Crippen LogP contribution in [-0.4, -0.2) is 37.1 Å². The number of amides is 1. The summed E-state index contributed by atoms with van der Waals surface area (Å²) in [6.45, 7) is 3.44. The molecule has 0 bridgehead atoms. The number of nitrogens with one attached hydrogen (secondary N) is 1. The van der Waals surface area contributed by atoms with E-state index < -0.39 is 23.9 Å². The number of anilines is 1. The van der Waals surface area contributed by atoms with Gasteiger partial charge in [0.15, 0.2) is 0 Å². The van der Waals surface area contributed by atoms with Crippen molar-refractivity contribution in [2.45, 2.75) is 32.7 Å². The molecule has 1 aromatic rings. The molecule has 23 heavy (non-hydrogen) atoms. The Labute approximate surface area is 135 Å². The van der Waals surface area contributed by atoms with E-state index >= 15 is 0 Å². The van der Waals surface area contributed by atoms with E-state index in [1.807, 2.05) is 12.1 Å². The highest BCUT2D eigenvalue weighted by atomic mass is 16.6. The molecule has 7 heteroatoms. The summed E-state index contributed by atoms with van der Waals surface area (Å²) in [4.78, 5) is 35.5. The van der Waals surface area contributed by atoms with E-state index in [-0.39, 0.29) is 19.6 Å². The van der Waals surface area contributed by atoms with Gasteiger partial charge in [-0.1, -0.05) is 12.1 Å². The molecule has 0 aromatic heterocycles. The number of aryl methyl sites for hydroxylation is 1. The van der Waals surface area contributed by atoms with Gasteiger partial charge in [-0.05, 0) is 38.0 Å². The summed E-state index contributed by atoms with van der Waals surface area (Å²) in [5.74, 6) is -2.09. The molecule has 0 radical (unpaired) electrons. The second kappa shape index (κ2) is 9.45. The average molecular weight is 322 g/mol. The monoisotopic (exact) mass is 322 g/mol. The van der Waals surface area contributed by atoms with E-state index in [1.165, 1.54) is 0 Å². The van der Waals surface area contributed by atoms with Crippen LogP contribution < -0.4 is 11.1 Å². The van der Waals surface area contributed by atoms with Gasteiger partial charge in [0, 0.05) is 12.1 Å². The zero-order valence-electron chi connectivity index (χ0n) is 13.3. The Morgan fingerprint density at radius 2 is 1.57 bits per heavy atom. The van der Waals surface area contributed by atoms with Crippen LogP contribution in [0.15, 0.2) is 24.3 Å². The van der Waals surface area contributed by atoms with Gasteiger partial charge in [-0.3, -0.25) is 4.79 Å². The Balaban J connectivity index is 2.59. The van der Waals surface area contributed by atoms with E-state index in [0.717, 1.165) is 5.56 Å². The summed E-state index contributed by atoms with van der Waals surface area (Å²) in [5.41, 5.74) is 7.16. The Morgan fingerprint density at radius 1 is 1.04 bits per heavy atom. The molecular formula is C16H22N2O5. The molecule has 126 valence electrons. The summed E-state index contributed by atoms with van der Waals surface area (Å²) in [7, 11) is 0. The number of rotatable bonds is 8. The Hall–Kier alpha value is -2.57. The first-order chi connectivity index (χ1) is 11.0. The Kier molecular flexibility index (Phi) is 7.59. The molecule has 0 aliphatic heterocycles. The lowest BCUT2D eigenvalue weighted by Crippen LogP contribution is -2.48. The fraction of sp³-hybridized carbons (Fsp3) is 0.438. The van der Waals surface area contributed by atoms with Crippen LogP contribution in [0.3, 0.4) is 0 Å². The van der Waals surface area contributed by atoms with E-state index in [2.05, 4.69) is 5.32 Å². The minimum atomic E-state index is -1.44. The van der Waals surface area contributed by atoms with Crippen molar-refractivity contribution in [3.8, 4) is 0 Å². The van der Waals surface area contributed by atoms with Crippen molar-refractivity contribution >= 4 is 23.5 Å². The molecule has 0 spiro atoms. The van der Waals surface area contributed by atoms with Gasteiger partial charge in [-0.15, -0.1) is 0 Å². The summed E-state index contributed by atoms with van der Waals surface area (Å²) in [5, 5.41) is 2.36. The predicted octanol–water partition coefficient (Wildman–Crippen LogP) is 0.812. The smallest absolute Gasteiger partial charge is 0.340 e. The van der Waals surface area contributed by atoms with Crippen LogP contribution >= 0.6 is 0 Å². The molecule has 0 saturated carbocycles. The van der Waals surface area contributed by atoms with Crippen molar-refractivity contribution in [1.82, 2.24) is 5.32 Å². The van der Waals surface area contributed by atoms with E-state index in [0.29, 0.717) is 12.1 Å². The van der Waals surface area contributed by atoms with Gasteiger partial charge >= 0.3 is 11.9 Å². The molecule has 1 rings (SSSR count). The first kappa shape index (κ1) is 18.5. The number of benzene rings is 1. The molecule has 0 atom stereocenters. The number of carbonyl (C=O) groups is 3. The van der Waals surface area contributed by atoms with Crippen LogP contribution in [0.4, 0.5) is 5.69 Å². The Bertz CT molecular complexity index is 524. The summed E-state index contributed by atoms with van der Waals surface area (Å²) >= 11 is 0. The zero-order chi connectivity index (χ0) is 17.2. The molecule has 0 aliphatic rings. The fourth-order valence-electron chi connectivity index (χ4n) is 1.84. The van der Waals surface area contributed by atoms with Crippen LogP contribution in [-0.2, 0) is 30.3 Å². The predicted molar refractivity (Wildman–Crippen MR) is 84.4 cm³/mol. The molecule has 0 heterocycles. The highest BCUT2D eigenvalue weighted by Gasteiger charge is 2.30. The van der Waals surface area contributed by atoms with Gasteiger partial charge in [0.05, 0.1) is 13.2 Å². The lowest BCUT2D eigenvalue weighted by Gasteiger charge is -2.15. The van der Waals surface area contributed by atoms with Crippen LogP contribution in [0.2, 0.25) is 0 Å². The zero-order valence-corrected chi connectivity index (χ0v) is 13.3. The van der Waals surface area contributed by atoms with E-state index in [4.69, 9.17) is 15.2 Å². The third-order valence-electron chi connectivity index (χ3n) is 2.97. The highest BCUT2D eigenvalue weighted by molar-refractivity contribution is 6.02. The summed E-state index contributed by atoms with van der Waals surface area (Å²) in [6.07, 6.45) is 0.587. The maximum absolute atomic E-state index is 12.0. The van der Waals surface area contributed by atoms with Crippen molar-refractivity contribution in [2.24, 2.45) is 0 Å². The van der Waals surface area contributed by atoms with E-state index in [9.17, 15) is 14.4 Å². The molecule has 7 nitrogen and oxygen atoms in total. The lowest BCUT2D eigenvalue weighted by molar-refractivity contribution is -0.159. The number of ether oxygens (including phenoxy) is 2. The lowest BCUT2D eigenvalue weighted by atomic mass is 10.1. The number of hydrogen-bond donors (Lipinski definition) is 2. The van der Waals surface area contributed by atoms with Crippen LogP contribution in [0, 0.1) is 0 Å². The van der Waals surface area contributed by atoms with Crippen LogP contribution in [0.1, 0.15) is 25.8 Å². The standard InChI is InChI=1S/C16H22N2O5/c1-3-22-15(20)14(16(21)23-4-2)18-13(19)10-7-11-5-8-12(17)9-6-11/h5-6,8-9,14H,3-4,7,10,17H2,1-2H3,(H,18,19). The summed E-state index contributed by atoms with van der Waals surface area (Å²) < 4.78 is 9.56. The van der Waals surface area contributed by atoms with Crippen LogP contribution in [0.5, 0.6) is 0 Å². The molecule has 0 saturated heterocycles. The molecule has 0 aliphatic carbocycles. The first-order valence-electron chi connectivity index (χ1n) is 7.45. The van der Waals surface area contributed by atoms with Gasteiger partial charge in [0.1, 0.15) is 0 Å². The van der Waals surface area contributed by atoms with E-state index in [1.54, 1.807) is 26.0 Å². The third kappa shape index (κ3) is 6.37. The van der Waals surface area contributed by atoms with Gasteiger partial charge < -0.3 is 20.5 Å². The Morgan fingerprint density at radius 3 is 2.04 bits per heavy atom. The first-order valence-corrected chi connectivity index (χ1v) is 7.45. The quantitative estimate of drug-likeness (QED) is 0.417. The molecule has 1 aromatic carbocycles. The average Bonchev–Trinajstić information content (AvgIpc) is 2.52. The molecular weight excluding hydrogens is 300 g/mol. The fourth-order valence-corrected chi connectivity index (χ4v) is 1.84. The molecule has 0 fully saturated rings. The third-order valence-corrected chi connectivity index (χ3v) is 2.97. The number of hydrogen-bond acceptors (Lipinski definition) is 6. The van der Waals surface area contributed by atoms with Crippen molar-refractivity contribution < 1.29 is 23.9 Å². The largest absolute Gasteiger partial charge is 0.464 e. The number of esters is 2. The number of nitrogens with two attached hydrogens (primary N) is 1. The maximum atomic E-state index is 12.0. The van der Waals surface area contributed by atoms with Crippen molar-refractivity contribution in [1.29, 1.82) is 0 Å². The minimum Gasteiger partial charge on any atom is -0.464 e. The summed E-state index contributed by atoms with van der Waals surface area (Å²) in [6, 6.07) is 5.68. The maximum Gasteiger partial charge on any atom is 0.340 e. The topological polar surface area (TPSA) is 108 Å². The normalized spacial score (nSPS) is 10.2. The number of nitrogen functional groups attached to an aromatic ring is 1. The molecule has 3 N–H and O–H groups in total. The van der Waals surface area contributed by atoms with Gasteiger partial charge in [0.25, 0.3) is 0 Å². The molecule has 1 amide bonds. The van der Waals surface area contributed by atoms with Gasteiger partial charge in [-0.2, -0.15) is 0 Å². The second-order valence-corrected chi connectivity index (χ2v) is 4.75. The van der Waals surface area contributed by atoms with Crippen molar-refractivity contribution in [2.75, 3.05) is 18.9 Å². The van der Waals surface area contributed by atoms with Crippen LogP contribution in [0.25, 0.3) is 0 Å². The second-order valence-electron chi connectivity index (χ2n) is 4.75. The van der Waals surface area contributed by atoms with Gasteiger partial charge in [-0.25, -0.2) is 9.59 Å².